The second kappa shape index (κ2) is 4.47. The lowest BCUT2D eigenvalue weighted by atomic mass is 11.0. The molecule has 4 radical (unpaired) electrons. The first kappa shape index (κ1) is 9.08. The second-order valence-corrected chi connectivity index (χ2v) is 1.07. The predicted octanol–water partition coefficient (Wildman–Crippen LogP) is -0.214. The van der Waals surface area contributed by atoms with E-state index in [4.69, 9.17) is 0 Å². The summed E-state index contributed by atoms with van der Waals surface area (Å²) in [5.41, 5.74) is 0. The van der Waals surface area contributed by atoms with Gasteiger partial charge in [0.2, 0.25) is 6.41 Å². The molecule has 6 heavy (non-hydrogen) atoms. The molecule has 0 heterocycles. The number of hydrogen-bond acceptors (Lipinski definition) is 1. The van der Waals surface area contributed by atoms with Gasteiger partial charge in [0.1, 0.15) is 0 Å². The lowest BCUT2D eigenvalue weighted by Crippen LogP contribution is -2.06. The van der Waals surface area contributed by atoms with Crippen LogP contribution in [0.1, 0.15) is 0 Å². The van der Waals surface area contributed by atoms with Gasteiger partial charge in [-0.25, -0.2) is 0 Å². The van der Waals surface area contributed by atoms with Crippen molar-refractivity contribution in [3.05, 3.63) is 7.43 Å². The normalized spacial score (nSPS) is 5.67. The van der Waals surface area contributed by atoms with E-state index in [2.05, 4.69) is 0 Å². The molecule has 0 aromatic carbocycles. The first-order valence-electron chi connectivity index (χ1n) is 1.39. The van der Waals surface area contributed by atoms with Gasteiger partial charge in [0.15, 0.2) is 0 Å². The number of carbonyl (C=O) groups excluding carboxylic acids is 1. The third-order valence-corrected chi connectivity index (χ3v) is 0.211. The molecule has 0 saturated heterocycles. The third kappa shape index (κ3) is 9.80. The van der Waals surface area contributed by atoms with Crippen molar-refractivity contribution in [3.63, 3.8) is 0 Å². The summed E-state index contributed by atoms with van der Waals surface area (Å²) in [6.45, 7) is 0. The van der Waals surface area contributed by atoms with Crippen LogP contribution in [-0.2, 0) is 4.79 Å². The zero-order valence-electron chi connectivity index (χ0n) is 3.93. The second-order valence-electron chi connectivity index (χ2n) is 1.07. The monoisotopic (exact) mass is 85.1 g/mol. The summed E-state index contributed by atoms with van der Waals surface area (Å²) in [7, 11) is 3.38. The van der Waals surface area contributed by atoms with Crippen LogP contribution in [0, 0.1) is 7.43 Å². The Bertz CT molecular complexity index is 34.5. The standard InChI is InChI=1S/C3H7NO.C/c1-4(2)3-5;/h3H,1-2H3;. The van der Waals surface area contributed by atoms with E-state index in [1.807, 2.05) is 0 Å². The molecule has 0 aliphatic carbocycles. The topological polar surface area (TPSA) is 20.3 Å². The maximum Gasteiger partial charge on any atom is 0.209 e. The Morgan fingerprint density at radius 3 is 1.67 bits per heavy atom. The number of rotatable bonds is 1. The molecule has 0 unspecified atom stereocenters. The largest absolute Gasteiger partial charge is 0.351 e. The molecular weight excluding hydrogens is 78.0 g/mol. The number of hydrogen-bond donors (Lipinski definition) is 0. The van der Waals surface area contributed by atoms with E-state index >= 15 is 0 Å². The van der Waals surface area contributed by atoms with Crippen LogP contribution >= 0.6 is 0 Å². The molecule has 0 aliphatic rings. The van der Waals surface area contributed by atoms with Crippen LogP contribution in [0.15, 0.2) is 0 Å². The Labute approximate surface area is 38.8 Å². The minimum atomic E-state index is 0. The van der Waals surface area contributed by atoms with E-state index in [0.29, 0.717) is 0 Å². The van der Waals surface area contributed by atoms with Gasteiger partial charge in [-0.2, -0.15) is 0 Å². The van der Waals surface area contributed by atoms with E-state index in [1.165, 1.54) is 4.90 Å². The van der Waals surface area contributed by atoms with E-state index in [1.54, 1.807) is 14.1 Å². The van der Waals surface area contributed by atoms with Crippen molar-refractivity contribution in [1.82, 2.24) is 4.90 Å². The van der Waals surface area contributed by atoms with Crippen molar-refractivity contribution in [1.29, 1.82) is 0 Å². The van der Waals surface area contributed by atoms with Crippen molar-refractivity contribution < 1.29 is 4.79 Å². The number of carbonyl (C=O) groups is 1. The maximum atomic E-state index is 9.43. The fourth-order valence-corrected chi connectivity index (χ4v) is 0. The molecular formula is C4H7NO. The summed E-state index contributed by atoms with van der Waals surface area (Å²) in [5.74, 6) is 0. The SMILES string of the molecule is CN(C)C=O.[C]. The van der Waals surface area contributed by atoms with E-state index < -0.39 is 0 Å². The van der Waals surface area contributed by atoms with E-state index in [9.17, 15) is 4.79 Å². The van der Waals surface area contributed by atoms with Crippen molar-refractivity contribution >= 4 is 6.41 Å². The molecule has 0 aliphatic heterocycles. The highest BCUT2D eigenvalue weighted by Gasteiger charge is 1.68. The Kier molecular flexibility index (Phi) is 6.76. The lowest BCUT2D eigenvalue weighted by molar-refractivity contribution is -0.115. The van der Waals surface area contributed by atoms with Gasteiger partial charge in [-0.1, -0.05) is 0 Å². The molecule has 2 nitrogen and oxygen atoms in total. The van der Waals surface area contributed by atoms with Crippen LogP contribution in [0.5, 0.6) is 0 Å². The number of nitrogens with zero attached hydrogens (tertiary/aromatic N) is 1. The van der Waals surface area contributed by atoms with Gasteiger partial charge in [-0.05, 0) is 0 Å². The van der Waals surface area contributed by atoms with Crippen LogP contribution in [0.3, 0.4) is 0 Å². The lowest BCUT2D eigenvalue weighted by Gasteiger charge is -1.93. The van der Waals surface area contributed by atoms with Crippen molar-refractivity contribution in [2.75, 3.05) is 14.1 Å². The molecule has 0 N–H and O–H groups in total. The highest BCUT2D eigenvalue weighted by atomic mass is 16.1. The van der Waals surface area contributed by atoms with Gasteiger partial charge >= 0.3 is 0 Å². The van der Waals surface area contributed by atoms with Crippen LogP contribution in [0.25, 0.3) is 0 Å². The molecule has 0 aromatic rings. The van der Waals surface area contributed by atoms with E-state index in [-0.39, 0.29) is 7.43 Å². The number of amides is 1. The van der Waals surface area contributed by atoms with Gasteiger partial charge < -0.3 is 4.90 Å². The van der Waals surface area contributed by atoms with Crippen molar-refractivity contribution in [3.8, 4) is 0 Å². The maximum absolute atomic E-state index is 9.43. The predicted molar refractivity (Wildman–Crippen MR) is 23.0 cm³/mol. The molecule has 0 spiro atoms. The Balaban J connectivity index is 0. The van der Waals surface area contributed by atoms with Gasteiger partial charge in [0.05, 0.1) is 0 Å². The zero-order valence-corrected chi connectivity index (χ0v) is 3.93. The first-order chi connectivity index (χ1) is 2.27. The third-order valence-electron chi connectivity index (χ3n) is 0.211. The first-order valence-corrected chi connectivity index (χ1v) is 1.39. The quantitative estimate of drug-likeness (QED) is 0.403. The molecule has 0 fully saturated rings. The Morgan fingerprint density at radius 1 is 1.50 bits per heavy atom. The summed E-state index contributed by atoms with van der Waals surface area (Å²) in [4.78, 5) is 10.9. The zero-order chi connectivity index (χ0) is 4.28. The molecule has 0 aromatic heterocycles. The molecule has 2 heteroatoms. The summed E-state index contributed by atoms with van der Waals surface area (Å²) in [6.07, 6.45) is 0.750. The molecule has 34 valence electrons. The van der Waals surface area contributed by atoms with Crippen LogP contribution in [0.2, 0.25) is 0 Å². The highest BCUT2D eigenvalue weighted by molar-refractivity contribution is 5.45. The Morgan fingerprint density at radius 2 is 1.67 bits per heavy atom. The summed E-state index contributed by atoms with van der Waals surface area (Å²) >= 11 is 0. The molecule has 0 saturated carbocycles. The van der Waals surface area contributed by atoms with Crippen LogP contribution < -0.4 is 0 Å². The highest BCUT2D eigenvalue weighted by Crippen LogP contribution is 1.52. The fourth-order valence-electron chi connectivity index (χ4n) is 0. The summed E-state index contributed by atoms with van der Waals surface area (Å²) < 4.78 is 0. The average molecular weight is 85.1 g/mol. The molecule has 1 amide bonds. The molecule has 0 bridgehead atoms. The van der Waals surface area contributed by atoms with Crippen LogP contribution in [0.4, 0.5) is 0 Å². The smallest absolute Gasteiger partial charge is 0.209 e. The van der Waals surface area contributed by atoms with E-state index in [0.717, 1.165) is 6.41 Å². The Hall–Kier alpha value is -0.530. The van der Waals surface area contributed by atoms with Crippen molar-refractivity contribution in [2.24, 2.45) is 0 Å². The summed E-state index contributed by atoms with van der Waals surface area (Å²) in [5, 5.41) is 0. The van der Waals surface area contributed by atoms with Gasteiger partial charge in [-0.15, -0.1) is 0 Å². The average Bonchev–Trinajstić information content (AvgIpc) is 1.38. The van der Waals surface area contributed by atoms with Gasteiger partial charge in [0.25, 0.3) is 0 Å². The summed E-state index contributed by atoms with van der Waals surface area (Å²) in [6, 6.07) is 0. The minimum absolute atomic E-state index is 0. The molecule has 0 rings (SSSR count). The van der Waals surface area contributed by atoms with Crippen LogP contribution in [-0.4, -0.2) is 25.4 Å². The van der Waals surface area contributed by atoms with Gasteiger partial charge in [0, 0.05) is 21.5 Å². The van der Waals surface area contributed by atoms with Crippen molar-refractivity contribution in [2.45, 2.75) is 0 Å². The fraction of sp³-hybridized carbons (Fsp3) is 0.500. The minimum Gasteiger partial charge on any atom is -0.351 e. The van der Waals surface area contributed by atoms with Gasteiger partial charge in [-0.3, -0.25) is 4.79 Å². The molecule has 0 atom stereocenters.